The average Bonchev–Trinajstić information content (AvgIpc) is 2.61. The van der Waals surface area contributed by atoms with Crippen molar-refractivity contribution in [1.82, 2.24) is 15.0 Å². The minimum Gasteiger partial charge on any atom is -0.476 e. The van der Waals surface area contributed by atoms with Crippen LogP contribution >= 0.6 is 11.8 Å². The number of hydrogen-bond acceptors (Lipinski definition) is 4. The molecule has 1 aromatic rings. The molecule has 1 heterocycles. The van der Waals surface area contributed by atoms with Crippen LogP contribution in [0.5, 0.6) is 0 Å². The van der Waals surface area contributed by atoms with Gasteiger partial charge in [-0.25, -0.2) is 9.48 Å². The number of aromatic nitrogens is 3. The van der Waals surface area contributed by atoms with Crippen molar-refractivity contribution in [1.29, 1.82) is 0 Å². The Hall–Kier alpha value is -1.04. The van der Waals surface area contributed by atoms with Gasteiger partial charge in [-0.3, -0.25) is 0 Å². The number of carboxylic acids is 1. The molecule has 1 aromatic heterocycles. The van der Waals surface area contributed by atoms with Crippen LogP contribution in [0.4, 0.5) is 0 Å². The summed E-state index contributed by atoms with van der Waals surface area (Å²) in [5.41, 5.74) is 0.504. The van der Waals surface area contributed by atoms with E-state index in [9.17, 15) is 4.79 Å². The van der Waals surface area contributed by atoms with Crippen molar-refractivity contribution in [2.75, 3.05) is 12.0 Å². The number of nitrogens with zero attached hydrogens (tertiary/aromatic N) is 3. The maximum absolute atomic E-state index is 11.1. The van der Waals surface area contributed by atoms with E-state index in [1.54, 1.807) is 16.4 Å². The molecule has 96 valence electrons. The Bertz CT molecular complexity index is 396. The number of hydrogen-bond donors (Lipinski definition) is 1. The van der Waals surface area contributed by atoms with Crippen LogP contribution in [0.1, 0.15) is 43.4 Å². The summed E-state index contributed by atoms with van der Waals surface area (Å²) < 4.78 is 1.72. The van der Waals surface area contributed by atoms with E-state index in [1.165, 1.54) is 0 Å². The van der Waals surface area contributed by atoms with E-state index in [1.807, 2.05) is 20.8 Å². The van der Waals surface area contributed by atoms with E-state index in [4.69, 9.17) is 5.11 Å². The van der Waals surface area contributed by atoms with Gasteiger partial charge in [-0.2, -0.15) is 11.8 Å². The van der Waals surface area contributed by atoms with Crippen molar-refractivity contribution in [2.24, 2.45) is 0 Å². The summed E-state index contributed by atoms with van der Waals surface area (Å²) >= 11 is 1.77. The van der Waals surface area contributed by atoms with Crippen LogP contribution in [0.25, 0.3) is 0 Å². The third-order valence-electron chi connectivity index (χ3n) is 2.37. The molecule has 0 spiro atoms. The van der Waals surface area contributed by atoms with Crippen molar-refractivity contribution in [2.45, 2.75) is 39.2 Å². The minimum absolute atomic E-state index is 0.0710. The Balaban J connectivity index is 3.01. The van der Waals surface area contributed by atoms with E-state index in [2.05, 4.69) is 16.6 Å². The first-order valence-corrected chi connectivity index (χ1v) is 6.93. The number of aromatic carboxylic acids is 1. The lowest BCUT2D eigenvalue weighted by Gasteiger charge is -2.20. The predicted molar refractivity (Wildman–Crippen MR) is 68.7 cm³/mol. The van der Waals surface area contributed by atoms with Crippen LogP contribution in [0.15, 0.2) is 0 Å². The van der Waals surface area contributed by atoms with Gasteiger partial charge >= 0.3 is 5.97 Å². The molecule has 5 nitrogen and oxygen atoms in total. The van der Waals surface area contributed by atoms with Crippen molar-refractivity contribution < 1.29 is 9.90 Å². The van der Waals surface area contributed by atoms with Crippen LogP contribution in [-0.2, 0) is 12.0 Å². The molecule has 0 unspecified atom stereocenters. The maximum Gasteiger partial charge on any atom is 0.358 e. The SMILES string of the molecule is CSCCCn1nnc(C(=O)O)c1C(C)(C)C. The molecule has 0 atom stereocenters. The summed E-state index contributed by atoms with van der Waals surface area (Å²) in [7, 11) is 0. The topological polar surface area (TPSA) is 68.0 Å². The molecule has 0 aromatic carbocycles. The van der Waals surface area contributed by atoms with Gasteiger partial charge in [0.1, 0.15) is 0 Å². The highest BCUT2D eigenvalue weighted by Crippen LogP contribution is 2.24. The second kappa shape index (κ2) is 5.53. The van der Waals surface area contributed by atoms with Crippen LogP contribution < -0.4 is 0 Å². The molecule has 0 aliphatic carbocycles. The zero-order valence-electron chi connectivity index (χ0n) is 10.7. The molecule has 0 aliphatic heterocycles. The molecule has 17 heavy (non-hydrogen) atoms. The quantitative estimate of drug-likeness (QED) is 0.817. The Kier molecular flexibility index (Phi) is 4.56. The summed E-state index contributed by atoms with van der Waals surface area (Å²) in [6.07, 6.45) is 3.02. The minimum atomic E-state index is -1.01. The van der Waals surface area contributed by atoms with Gasteiger partial charge in [0.05, 0.1) is 5.69 Å². The normalized spacial score (nSPS) is 11.8. The fraction of sp³-hybridized carbons (Fsp3) is 0.727. The second-order valence-electron chi connectivity index (χ2n) is 4.91. The maximum atomic E-state index is 11.1. The lowest BCUT2D eigenvalue weighted by atomic mass is 9.90. The molecule has 0 radical (unpaired) electrons. The monoisotopic (exact) mass is 257 g/mol. The third kappa shape index (κ3) is 3.46. The summed E-state index contributed by atoms with van der Waals surface area (Å²) in [4.78, 5) is 11.1. The Labute approximate surface area is 106 Å². The lowest BCUT2D eigenvalue weighted by molar-refractivity contribution is 0.0687. The van der Waals surface area contributed by atoms with Crippen LogP contribution in [0.2, 0.25) is 0 Å². The zero-order chi connectivity index (χ0) is 13.1. The van der Waals surface area contributed by atoms with E-state index in [-0.39, 0.29) is 11.1 Å². The standard InChI is InChI=1S/C11H19N3O2S/c1-11(2,3)9-8(10(15)16)12-13-14(9)6-5-7-17-4/h5-7H2,1-4H3,(H,15,16). The molecule has 6 heteroatoms. The third-order valence-corrected chi connectivity index (χ3v) is 3.06. The van der Waals surface area contributed by atoms with Crippen LogP contribution in [-0.4, -0.2) is 38.1 Å². The van der Waals surface area contributed by atoms with Gasteiger partial charge < -0.3 is 5.11 Å². The van der Waals surface area contributed by atoms with E-state index >= 15 is 0 Å². The van der Waals surface area contributed by atoms with E-state index < -0.39 is 5.97 Å². The van der Waals surface area contributed by atoms with Gasteiger partial charge in [-0.05, 0) is 18.4 Å². The molecule has 0 fully saturated rings. The molecular weight excluding hydrogens is 238 g/mol. The lowest BCUT2D eigenvalue weighted by Crippen LogP contribution is -2.22. The smallest absolute Gasteiger partial charge is 0.358 e. The molecular formula is C11H19N3O2S. The van der Waals surface area contributed by atoms with Gasteiger partial charge in [0.25, 0.3) is 0 Å². The Morgan fingerprint density at radius 3 is 2.59 bits per heavy atom. The summed E-state index contributed by atoms with van der Waals surface area (Å²) in [5.74, 6) is 0.0253. The van der Waals surface area contributed by atoms with Gasteiger partial charge in [-0.1, -0.05) is 26.0 Å². The second-order valence-corrected chi connectivity index (χ2v) is 5.90. The van der Waals surface area contributed by atoms with Crippen molar-refractivity contribution in [3.8, 4) is 0 Å². The van der Waals surface area contributed by atoms with Gasteiger partial charge in [0.15, 0.2) is 5.69 Å². The molecule has 0 bridgehead atoms. The average molecular weight is 257 g/mol. The first-order chi connectivity index (χ1) is 7.88. The fourth-order valence-corrected chi connectivity index (χ4v) is 2.13. The molecule has 0 saturated carbocycles. The van der Waals surface area contributed by atoms with Crippen molar-refractivity contribution >= 4 is 17.7 Å². The Morgan fingerprint density at radius 2 is 2.12 bits per heavy atom. The Morgan fingerprint density at radius 1 is 1.47 bits per heavy atom. The highest BCUT2D eigenvalue weighted by Gasteiger charge is 2.28. The molecule has 1 rings (SSSR count). The summed E-state index contributed by atoms with van der Waals surface area (Å²) in [5, 5.41) is 16.8. The first-order valence-electron chi connectivity index (χ1n) is 5.54. The molecule has 0 saturated heterocycles. The van der Waals surface area contributed by atoms with E-state index in [0.717, 1.165) is 12.2 Å². The zero-order valence-corrected chi connectivity index (χ0v) is 11.5. The van der Waals surface area contributed by atoms with Gasteiger partial charge in [-0.15, -0.1) is 5.10 Å². The van der Waals surface area contributed by atoms with Gasteiger partial charge in [0, 0.05) is 12.0 Å². The summed E-state index contributed by atoms with van der Waals surface area (Å²) in [6, 6.07) is 0. The van der Waals surface area contributed by atoms with Gasteiger partial charge in [0.2, 0.25) is 0 Å². The highest BCUT2D eigenvalue weighted by molar-refractivity contribution is 7.98. The first kappa shape index (κ1) is 14.0. The van der Waals surface area contributed by atoms with Crippen LogP contribution in [0, 0.1) is 0 Å². The number of rotatable bonds is 5. The predicted octanol–water partition coefficient (Wildman–Crippen LogP) is 2.03. The van der Waals surface area contributed by atoms with Crippen molar-refractivity contribution in [3.63, 3.8) is 0 Å². The summed E-state index contributed by atoms with van der Waals surface area (Å²) in [6.45, 7) is 6.64. The van der Waals surface area contributed by atoms with Crippen molar-refractivity contribution in [3.05, 3.63) is 11.4 Å². The number of carboxylic acid groups (broad SMARTS) is 1. The fourth-order valence-electron chi connectivity index (χ4n) is 1.71. The molecule has 0 aliphatic rings. The largest absolute Gasteiger partial charge is 0.476 e. The number of aryl methyl sites for hydroxylation is 1. The number of thioether (sulfide) groups is 1. The molecule has 0 amide bonds. The van der Waals surface area contributed by atoms with Crippen LogP contribution in [0.3, 0.4) is 0 Å². The van der Waals surface area contributed by atoms with E-state index in [0.29, 0.717) is 12.2 Å². The highest BCUT2D eigenvalue weighted by atomic mass is 32.2. The number of carbonyl (C=O) groups is 1. The molecule has 1 N–H and O–H groups in total.